The first kappa shape index (κ1) is 19.7. The summed E-state index contributed by atoms with van der Waals surface area (Å²) in [7, 11) is 0. The molecule has 0 radical (unpaired) electrons. The quantitative estimate of drug-likeness (QED) is 0.517. The average molecular weight is 440 g/mol. The summed E-state index contributed by atoms with van der Waals surface area (Å²) in [6.45, 7) is 3.39. The Morgan fingerprint density at radius 2 is 1.90 bits per heavy atom. The zero-order chi connectivity index (χ0) is 21.8. The standard InChI is InChI=1S/C21H18F2N6OS/c1-11-12(2)27-28-19-15(11)16-17(31-19)18(26-10-25-16)24-7-13-3-5-14(6-4-13)20(30)29-8-21(22,23)9-29/h3-6,10H,7-9H2,1-2H3,(H,24,25,26). The largest absolute Gasteiger partial charge is 0.365 e. The maximum absolute atomic E-state index is 13.0. The van der Waals surface area contributed by atoms with Gasteiger partial charge in [0.2, 0.25) is 0 Å². The minimum Gasteiger partial charge on any atom is -0.365 e. The summed E-state index contributed by atoms with van der Waals surface area (Å²) in [6, 6.07) is 6.93. The summed E-state index contributed by atoms with van der Waals surface area (Å²) in [5.41, 5.74) is 4.11. The number of amides is 1. The summed E-state index contributed by atoms with van der Waals surface area (Å²) in [4.78, 5) is 23.0. The minimum absolute atomic E-state index is 0.375. The third-order valence-electron chi connectivity index (χ3n) is 5.45. The minimum atomic E-state index is -2.77. The number of aromatic nitrogens is 4. The van der Waals surface area contributed by atoms with E-state index >= 15 is 0 Å². The fourth-order valence-electron chi connectivity index (χ4n) is 3.60. The number of carbonyl (C=O) groups is 1. The maximum atomic E-state index is 13.0. The van der Waals surface area contributed by atoms with Crippen molar-refractivity contribution in [1.29, 1.82) is 0 Å². The van der Waals surface area contributed by atoms with Gasteiger partial charge in [-0.25, -0.2) is 18.7 Å². The number of thiophene rings is 1. The van der Waals surface area contributed by atoms with Crippen LogP contribution in [0.3, 0.4) is 0 Å². The highest BCUT2D eigenvalue weighted by Crippen LogP contribution is 2.36. The summed E-state index contributed by atoms with van der Waals surface area (Å²) in [5.74, 6) is -2.44. The molecule has 31 heavy (non-hydrogen) atoms. The third kappa shape index (κ3) is 3.46. The Morgan fingerprint density at radius 3 is 2.61 bits per heavy atom. The number of anilines is 1. The molecular formula is C21H18F2N6OS. The van der Waals surface area contributed by atoms with Crippen LogP contribution in [-0.2, 0) is 6.54 Å². The number of nitrogens with zero attached hydrogens (tertiary/aromatic N) is 5. The molecular weight excluding hydrogens is 422 g/mol. The molecule has 1 saturated heterocycles. The predicted octanol–water partition coefficient (Wildman–Crippen LogP) is 3.95. The van der Waals surface area contributed by atoms with E-state index in [1.165, 1.54) is 17.7 Å². The van der Waals surface area contributed by atoms with Crippen molar-refractivity contribution in [2.45, 2.75) is 26.3 Å². The molecule has 0 saturated carbocycles. The van der Waals surface area contributed by atoms with E-state index in [2.05, 4.69) is 25.5 Å². The first-order chi connectivity index (χ1) is 14.8. The fraction of sp³-hybridized carbons (Fsp3) is 0.286. The second-order valence-corrected chi connectivity index (χ2v) is 8.66. The Balaban J connectivity index is 1.34. The van der Waals surface area contributed by atoms with Gasteiger partial charge < -0.3 is 10.2 Å². The SMILES string of the molecule is Cc1nnc2sc3c(NCc4ccc(C(=O)N5CC(F)(F)C5)cc4)ncnc3c2c1C. The van der Waals surface area contributed by atoms with E-state index in [9.17, 15) is 13.6 Å². The van der Waals surface area contributed by atoms with Crippen molar-refractivity contribution in [1.82, 2.24) is 25.1 Å². The highest BCUT2D eigenvalue weighted by atomic mass is 32.1. The number of halogens is 2. The molecule has 0 aliphatic carbocycles. The predicted molar refractivity (Wildman–Crippen MR) is 115 cm³/mol. The zero-order valence-corrected chi connectivity index (χ0v) is 17.6. The molecule has 158 valence electrons. The Kier molecular flexibility index (Phi) is 4.54. The zero-order valence-electron chi connectivity index (χ0n) is 16.8. The number of carbonyl (C=O) groups excluding carboxylic acids is 1. The van der Waals surface area contributed by atoms with Gasteiger partial charge in [-0.1, -0.05) is 12.1 Å². The van der Waals surface area contributed by atoms with Crippen molar-refractivity contribution in [2.24, 2.45) is 0 Å². The van der Waals surface area contributed by atoms with Crippen LogP contribution in [0.25, 0.3) is 20.4 Å². The summed E-state index contributed by atoms with van der Waals surface area (Å²) in [5, 5.41) is 12.8. The first-order valence-corrected chi connectivity index (χ1v) is 10.5. The van der Waals surface area contributed by atoms with Crippen LogP contribution >= 0.6 is 11.3 Å². The third-order valence-corrected chi connectivity index (χ3v) is 6.52. The molecule has 10 heteroatoms. The van der Waals surface area contributed by atoms with Gasteiger partial charge in [-0.2, -0.15) is 5.10 Å². The topological polar surface area (TPSA) is 83.9 Å². The molecule has 0 atom stereocenters. The van der Waals surface area contributed by atoms with Crippen molar-refractivity contribution in [2.75, 3.05) is 18.4 Å². The van der Waals surface area contributed by atoms with Crippen molar-refractivity contribution in [3.05, 3.63) is 53.0 Å². The van der Waals surface area contributed by atoms with Crippen LogP contribution in [0.1, 0.15) is 27.2 Å². The monoisotopic (exact) mass is 440 g/mol. The number of nitrogens with one attached hydrogen (secondary N) is 1. The Morgan fingerprint density at radius 1 is 1.16 bits per heavy atom. The number of fused-ring (bicyclic) bond motifs is 3. The molecule has 1 amide bonds. The summed E-state index contributed by atoms with van der Waals surface area (Å²) >= 11 is 1.49. The lowest BCUT2D eigenvalue weighted by molar-refractivity contribution is -0.113. The first-order valence-electron chi connectivity index (χ1n) is 9.69. The van der Waals surface area contributed by atoms with E-state index in [-0.39, 0.29) is 5.91 Å². The molecule has 4 heterocycles. The van der Waals surface area contributed by atoms with E-state index in [1.807, 2.05) is 13.8 Å². The lowest BCUT2D eigenvalue weighted by Crippen LogP contribution is -2.58. The number of alkyl halides is 2. The fourth-order valence-corrected chi connectivity index (χ4v) is 4.70. The molecule has 1 N–H and O–H groups in total. The molecule has 5 rings (SSSR count). The highest BCUT2D eigenvalue weighted by molar-refractivity contribution is 7.25. The molecule has 0 unspecified atom stereocenters. The van der Waals surface area contributed by atoms with Gasteiger partial charge in [-0.3, -0.25) is 4.79 Å². The second kappa shape index (κ2) is 7.16. The van der Waals surface area contributed by atoms with Crippen LogP contribution in [0, 0.1) is 13.8 Å². The molecule has 4 aromatic rings. The molecule has 1 aliphatic heterocycles. The second-order valence-electron chi connectivity index (χ2n) is 7.66. The normalized spacial score (nSPS) is 15.3. The van der Waals surface area contributed by atoms with Gasteiger partial charge in [0, 0.05) is 17.5 Å². The average Bonchev–Trinajstić information content (AvgIpc) is 3.13. The molecule has 3 aromatic heterocycles. The number of benzene rings is 1. The van der Waals surface area contributed by atoms with Crippen LogP contribution < -0.4 is 5.32 Å². The van der Waals surface area contributed by atoms with Crippen LogP contribution in [-0.4, -0.2) is 50.0 Å². The van der Waals surface area contributed by atoms with Gasteiger partial charge in [0.15, 0.2) is 0 Å². The smallest absolute Gasteiger partial charge is 0.282 e. The van der Waals surface area contributed by atoms with Crippen LogP contribution in [0.5, 0.6) is 0 Å². The van der Waals surface area contributed by atoms with Crippen molar-refractivity contribution >= 4 is 43.5 Å². The number of hydrogen-bond acceptors (Lipinski definition) is 7. The number of hydrogen-bond donors (Lipinski definition) is 1. The Bertz CT molecular complexity index is 1310. The molecule has 1 fully saturated rings. The van der Waals surface area contributed by atoms with Crippen LogP contribution in [0.15, 0.2) is 30.6 Å². The molecule has 0 spiro atoms. The van der Waals surface area contributed by atoms with Crippen molar-refractivity contribution in [3.63, 3.8) is 0 Å². The van der Waals surface area contributed by atoms with E-state index in [0.717, 1.165) is 42.2 Å². The van der Waals surface area contributed by atoms with E-state index in [1.54, 1.807) is 24.3 Å². The summed E-state index contributed by atoms with van der Waals surface area (Å²) in [6.07, 6.45) is 1.52. The van der Waals surface area contributed by atoms with Gasteiger partial charge in [0.05, 0.1) is 29.0 Å². The Hall–Kier alpha value is -3.27. The molecule has 0 bridgehead atoms. The highest BCUT2D eigenvalue weighted by Gasteiger charge is 2.46. The molecule has 7 nitrogen and oxygen atoms in total. The van der Waals surface area contributed by atoms with Gasteiger partial charge in [-0.15, -0.1) is 16.4 Å². The van der Waals surface area contributed by atoms with Gasteiger partial charge in [-0.05, 0) is 37.1 Å². The number of likely N-dealkylation sites (tertiary alicyclic amines) is 1. The Labute approximate surface area is 180 Å². The number of rotatable bonds is 4. The van der Waals surface area contributed by atoms with Gasteiger partial charge >= 0.3 is 0 Å². The maximum Gasteiger partial charge on any atom is 0.282 e. The molecule has 1 aliphatic rings. The lowest BCUT2D eigenvalue weighted by Gasteiger charge is -2.38. The summed E-state index contributed by atoms with van der Waals surface area (Å²) < 4.78 is 26.9. The van der Waals surface area contributed by atoms with Crippen LogP contribution in [0.4, 0.5) is 14.6 Å². The molecule has 1 aromatic carbocycles. The van der Waals surface area contributed by atoms with Gasteiger partial charge in [0.1, 0.15) is 17.0 Å². The van der Waals surface area contributed by atoms with Crippen LogP contribution in [0.2, 0.25) is 0 Å². The van der Waals surface area contributed by atoms with Crippen molar-refractivity contribution in [3.8, 4) is 0 Å². The number of aryl methyl sites for hydroxylation is 2. The van der Waals surface area contributed by atoms with Crippen molar-refractivity contribution < 1.29 is 13.6 Å². The van der Waals surface area contributed by atoms with E-state index in [4.69, 9.17) is 0 Å². The lowest BCUT2D eigenvalue weighted by atomic mass is 10.1. The van der Waals surface area contributed by atoms with Gasteiger partial charge in [0.25, 0.3) is 11.8 Å². The van der Waals surface area contributed by atoms with E-state index in [0.29, 0.717) is 17.9 Å². The van der Waals surface area contributed by atoms with E-state index < -0.39 is 19.0 Å².